The molecule has 0 bridgehead atoms. The van der Waals surface area contributed by atoms with E-state index in [2.05, 4.69) is 12.2 Å². The molecule has 86 valence electrons. The van der Waals surface area contributed by atoms with Crippen LogP contribution in [0, 0.1) is 5.82 Å². The summed E-state index contributed by atoms with van der Waals surface area (Å²) in [7, 11) is 0. The third kappa shape index (κ3) is 2.40. The van der Waals surface area contributed by atoms with E-state index >= 15 is 0 Å². The van der Waals surface area contributed by atoms with Gasteiger partial charge < -0.3 is 5.32 Å². The second kappa shape index (κ2) is 4.24. The Hall–Kier alpha value is -1.38. The van der Waals surface area contributed by atoms with Gasteiger partial charge in [-0.05, 0) is 44.0 Å². The molecular weight excluding hydrogens is 205 g/mol. The second-order valence-corrected chi connectivity index (χ2v) is 4.73. The maximum Gasteiger partial charge on any atom is 0.251 e. The van der Waals surface area contributed by atoms with Gasteiger partial charge in [0.15, 0.2) is 0 Å². The van der Waals surface area contributed by atoms with Crippen molar-refractivity contribution in [2.45, 2.75) is 38.1 Å². The molecule has 0 aromatic heterocycles. The Bertz CT molecular complexity index is 379. The van der Waals surface area contributed by atoms with Gasteiger partial charge in [0.1, 0.15) is 5.82 Å². The molecule has 2 rings (SSSR count). The largest absolute Gasteiger partial charge is 0.347 e. The molecular formula is C13H16FNO. The van der Waals surface area contributed by atoms with Crippen LogP contribution in [0.4, 0.5) is 4.39 Å². The van der Waals surface area contributed by atoms with Crippen LogP contribution < -0.4 is 5.32 Å². The molecule has 1 N–H and O–H groups in total. The molecule has 0 unspecified atom stereocenters. The molecule has 1 aromatic rings. The summed E-state index contributed by atoms with van der Waals surface area (Å²) in [5.41, 5.74) is 0.445. The van der Waals surface area contributed by atoms with Crippen molar-refractivity contribution in [2.24, 2.45) is 0 Å². The lowest BCUT2D eigenvalue weighted by Gasteiger charge is -2.25. The topological polar surface area (TPSA) is 29.1 Å². The van der Waals surface area contributed by atoms with E-state index in [1.165, 1.54) is 37.1 Å². The van der Waals surface area contributed by atoms with Crippen molar-refractivity contribution in [1.82, 2.24) is 5.32 Å². The van der Waals surface area contributed by atoms with E-state index in [-0.39, 0.29) is 17.3 Å². The molecule has 0 aliphatic heterocycles. The van der Waals surface area contributed by atoms with Gasteiger partial charge in [0.2, 0.25) is 0 Å². The molecule has 0 radical (unpaired) electrons. The number of amides is 1. The van der Waals surface area contributed by atoms with Crippen LogP contribution in [0.15, 0.2) is 24.3 Å². The lowest BCUT2D eigenvalue weighted by molar-refractivity contribution is 0.0908. The first kappa shape index (κ1) is 11.1. The van der Waals surface area contributed by atoms with Gasteiger partial charge in [-0.15, -0.1) is 0 Å². The summed E-state index contributed by atoms with van der Waals surface area (Å²) in [5, 5.41) is 3.03. The van der Waals surface area contributed by atoms with Crippen LogP contribution in [0.3, 0.4) is 0 Å². The monoisotopic (exact) mass is 221 g/mol. The summed E-state index contributed by atoms with van der Waals surface area (Å²) < 4.78 is 12.7. The fraction of sp³-hybridized carbons (Fsp3) is 0.462. The standard InChI is InChI=1S/C13H16FNO/c1-13(8-2-3-9-13)15-12(16)10-4-6-11(14)7-5-10/h4-7H,2-3,8-9H2,1H3,(H,15,16). The van der Waals surface area contributed by atoms with Crippen molar-refractivity contribution < 1.29 is 9.18 Å². The molecule has 1 aliphatic rings. The van der Waals surface area contributed by atoms with Gasteiger partial charge in [0.05, 0.1) is 0 Å². The van der Waals surface area contributed by atoms with Crippen molar-refractivity contribution in [2.75, 3.05) is 0 Å². The summed E-state index contributed by atoms with van der Waals surface area (Å²) in [6.07, 6.45) is 4.39. The summed E-state index contributed by atoms with van der Waals surface area (Å²) in [4.78, 5) is 11.9. The van der Waals surface area contributed by atoms with Crippen LogP contribution >= 0.6 is 0 Å². The number of carbonyl (C=O) groups excluding carboxylic acids is 1. The van der Waals surface area contributed by atoms with E-state index < -0.39 is 0 Å². The molecule has 0 heterocycles. The van der Waals surface area contributed by atoms with E-state index in [1.54, 1.807) is 0 Å². The van der Waals surface area contributed by atoms with Gasteiger partial charge in [-0.1, -0.05) is 12.8 Å². The van der Waals surface area contributed by atoms with Gasteiger partial charge >= 0.3 is 0 Å². The summed E-state index contributed by atoms with van der Waals surface area (Å²) in [6.45, 7) is 2.07. The number of carbonyl (C=O) groups is 1. The number of hydrogen-bond acceptors (Lipinski definition) is 1. The van der Waals surface area contributed by atoms with Gasteiger partial charge in [0.25, 0.3) is 5.91 Å². The molecule has 3 heteroatoms. The zero-order valence-corrected chi connectivity index (χ0v) is 9.42. The van der Waals surface area contributed by atoms with Crippen molar-refractivity contribution in [3.8, 4) is 0 Å². The van der Waals surface area contributed by atoms with Crippen LogP contribution in [-0.2, 0) is 0 Å². The first-order valence-corrected chi connectivity index (χ1v) is 5.67. The van der Waals surface area contributed by atoms with Crippen LogP contribution in [0.25, 0.3) is 0 Å². The van der Waals surface area contributed by atoms with E-state index in [4.69, 9.17) is 0 Å². The molecule has 0 saturated heterocycles. The summed E-state index contributed by atoms with van der Waals surface area (Å²) in [6, 6.07) is 5.66. The lowest BCUT2D eigenvalue weighted by atomic mass is 10.00. The Balaban J connectivity index is 2.05. The predicted molar refractivity (Wildman–Crippen MR) is 60.7 cm³/mol. The maximum absolute atomic E-state index is 12.7. The zero-order valence-electron chi connectivity index (χ0n) is 9.42. The highest BCUT2D eigenvalue weighted by molar-refractivity contribution is 5.94. The van der Waals surface area contributed by atoms with E-state index in [9.17, 15) is 9.18 Å². The average Bonchev–Trinajstić information content (AvgIpc) is 2.65. The fourth-order valence-electron chi connectivity index (χ4n) is 2.23. The molecule has 1 aromatic carbocycles. The SMILES string of the molecule is CC1(NC(=O)c2ccc(F)cc2)CCCC1. The number of halogens is 1. The smallest absolute Gasteiger partial charge is 0.251 e. The van der Waals surface area contributed by atoms with Gasteiger partial charge in [-0.3, -0.25) is 4.79 Å². The van der Waals surface area contributed by atoms with Crippen LogP contribution in [0.1, 0.15) is 43.0 Å². The highest BCUT2D eigenvalue weighted by Crippen LogP contribution is 2.29. The fourth-order valence-corrected chi connectivity index (χ4v) is 2.23. The summed E-state index contributed by atoms with van der Waals surface area (Å²) >= 11 is 0. The van der Waals surface area contributed by atoms with Gasteiger partial charge in [-0.2, -0.15) is 0 Å². The van der Waals surface area contributed by atoms with Crippen molar-refractivity contribution >= 4 is 5.91 Å². The second-order valence-electron chi connectivity index (χ2n) is 4.73. The normalized spacial score (nSPS) is 18.4. The Labute approximate surface area is 94.9 Å². The lowest BCUT2D eigenvalue weighted by Crippen LogP contribution is -2.43. The minimum atomic E-state index is -0.316. The summed E-state index contributed by atoms with van der Waals surface area (Å²) in [5.74, 6) is -0.423. The first-order valence-electron chi connectivity index (χ1n) is 5.67. The first-order chi connectivity index (χ1) is 7.59. The predicted octanol–water partition coefficient (Wildman–Crippen LogP) is 2.89. The molecule has 1 amide bonds. The number of nitrogens with one attached hydrogen (secondary N) is 1. The Morgan fingerprint density at radius 2 is 1.81 bits per heavy atom. The molecule has 1 saturated carbocycles. The van der Waals surface area contributed by atoms with Crippen LogP contribution in [-0.4, -0.2) is 11.4 Å². The third-order valence-corrected chi connectivity index (χ3v) is 3.23. The highest BCUT2D eigenvalue weighted by atomic mass is 19.1. The number of rotatable bonds is 2. The molecule has 0 atom stereocenters. The zero-order chi connectivity index (χ0) is 11.6. The Morgan fingerprint density at radius 1 is 1.25 bits per heavy atom. The minimum absolute atomic E-state index is 0.0779. The van der Waals surface area contributed by atoms with Crippen LogP contribution in [0.5, 0.6) is 0 Å². The maximum atomic E-state index is 12.7. The molecule has 1 fully saturated rings. The van der Waals surface area contributed by atoms with E-state index in [1.807, 2.05) is 0 Å². The number of hydrogen-bond donors (Lipinski definition) is 1. The van der Waals surface area contributed by atoms with E-state index in [0.717, 1.165) is 12.8 Å². The third-order valence-electron chi connectivity index (χ3n) is 3.23. The van der Waals surface area contributed by atoms with Gasteiger partial charge in [0, 0.05) is 11.1 Å². The molecule has 0 spiro atoms. The Morgan fingerprint density at radius 3 is 2.38 bits per heavy atom. The quantitative estimate of drug-likeness (QED) is 0.817. The number of benzene rings is 1. The van der Waals surface area contributed by atoms with Crippen LogP contribution in [0.2, 0.25) is 0 Å². The Kier molecular flexibility index (Phi) is 2.95. The molecule has 1 aliphatic carbocycles. The van der Waals surface area contributed by atoms with Gasteiger partial charge in [-0.25, -0.2) is 4.39 Å². The average molecular weight is 221 g/mol. The molecule has 16 heavy (non-hydrogen) atoms. The van der Waals surface area contributed by atoms with Crippen molar-refractivity contribution in [3.05, 3.63) is 35.6 Å². The minimum Gasteiger partial charge on any atom is -0.347 e. The van der Waals surface area contributed by atoms with Crippen molar-refractivity contribution in [1.29, 1.82) is 0 Å². The molecule has 2 nitrogen and oxygen atoms in total. The van der Waals surface area contributed by atoms with E-state index in [0.29, 0.717) is 5.56 Å². The van der Waals surface area contributed by atoms with Crippen molar-refractivity contribution in [3.63, 3.8) is 0 Å². The highest BCUT2D eigenvalue weighted by Gasteiger charge is 2.30.